The minimum absolute atomic E-state index is 0.183. The highest BCUT2D eigenvalue weighted by molar-refractivity contribution is 5.42. The second-order valence-electron chi connectivity index (χ2n) is 3.75. The van der Waals surface area contributed by atoms with E-state index >= 15 is 0 Å². The van der Waals surface area contributed by atoms with Gasteiger partial charge in [0, 0.05) is 17.4 Å². The average molecular weight is 232 g/mol. The normalized spacial score (nSPS) is 10.2. The first-order valence-corrected chi connectivity index (χ1v) is 5.25. The zero-order valence-electron chi connectivity index (χ0n) is 9.48. The number of nitrogens with two attached hydrogens (primary N) is 1. The highest BCUT2D eigenvalue weighted by atomic mass is 19.1. The summed E-state index contributed by atoms with van der Waals surface area (Å²) in [5.41, 5.74) is 7.50. The van der Waals surface area contributed by atoms with Crippen molar-refractivity contribution < 1.29 is 9.13 Å². The lowest BCUT2D eigenvalue weighted by Gasteiger charge is -2.07. The molecule has 2 rings (SSSR count). The maximum atomic E-state index is 13.4. The third kappa shape index (κ3) is 2.93. The lowest BCUT2D eigenvalue weighted by molar-refractivity contribution is 0.286. The predicted molar refractivity (Wildman–Crippen MR) is 64.1 cm³/mol. The van der Waals surface area contributed by atoms with Crippen molar-refractivity contribution >= 4 is 5.69 Å². The molecular formula is C13H13FN2O. The zero-order chi connectivity index (χ0) is 12.3. The van der Waals surface area contributed by atoms with Gasteiger partial charge in [-0.05, 0) is 31.2 Å². The Bertz CT molecular complexity index is 529. The number of rotatable bonds is 3. The van der Waals surface area contributed by atoms with Crippen molar-refractivity contribution in [1.82, 2.24) is 4.98 Å². The van der Waals surface area contributed by atoms with Crippen LogP contribution >= 0.6 is 0 Å². The number of hydrogen-bond acceptors (Lipinski definition) is 3. The number of benzene rings is 1. The van der Waals surface area contributed by atoms with Crippen LogP contribution in [0.15, 0.2) is 36.4 Å². The quantitative estimate of drug-likeness (QED) is 0.828. The standard InChI is InChI=1S/C13H13FN2O/c1-9-3-2-4-11(16-9)8-17-13-6-5-10(15)7-12(13)14/h2-7H,8,15H2,1H3. The molecule has 1 heterocycles. The van der Waals surface area contributed by atoms with Gasteiger partial charge in [0.05, 0.1) is 5.69 Å². The average Bonchev–Trinajstić information content (AvgIpc) is 2.28. The summed E-state index contributed by atoms with van der Waals surface area (Å²) in [6.07, 6.45) is 0. The number of aryl methyl sites for hydroxylation is 1. The van der Waals surface area contributed by atoms with Crippen LogP contribution in [0.2, 0.25) is 0 Å². The molecule has 2 aromatic rings. The van der Waals surface area contributed by atoms with Gasteiger partial charge in [0.25, 0.3) is 0 Å². The number of pyridine rings is 1. The van der Waals surface area contributed by atoms with E-state index in [4.69, 9.17) is 10.5 Å². The molecule has 88 valence electrons. The molecule has 0 aliphatic carbocycles. The summed E-state index contributed by atoms with van der Waals surface area (Å²) < 4.78 is 18.7. The van der Waals surface area contributed by atoms with Crippen molar-refractivity contribution in [2.24, 2.45) is 0 Å². The van der Waals surface area contributed by atoms with Crippen molar-refractivity contribution in [3.63, 3.8) is 0 Å². The first kappa shape index (κ1) is 11.4. The lowest BCUT2D eigenvalue weighted by Crippen LogP contribution is -2.00. The SMILES string of the molecule is Cc1cccc(COc2ccc(N)cc2F)n1. The number of nitrogen functional groups attached to an aromatic ring is 1. The number of aromatic nitrogens is 1. The van der Waals surface area contributed by atoms with Crippen LogP contribution in [0.25, 0.3) is 0 Å². The molecule has 2 N–H and O–H groups in total. The zero-order valence-corrected chi connectivity index (χ0v) is 9.48. The summed E-state index contributed by atoms with van der Waals surface area (Å²) in [7, 11) is 0. The number of halogens is 1. The second-order valence-corrected chi connectivity index (χ2v) is 3.75. The van der Waals surface area contributed by atoms with Crippen LogP contribution in [-0.4, -0.2) is 4.98 Å². The molecule has 0 saturated heterocycles. The van der Waals surface area contributed by atoms with Crippen LogP contribution in [0, 0.1) is 12.7 Å². The lowest BCUT2D eigenvalue weighted by atomic mass is 10.3. The summed E-state index contributed by atoms with van der Waals surface area (Å²) in [5, 5.41) is 0. The van der Waals surface area contributed by atoms with Crippen molar-refractivity contribution in [2.75, 3.05) is 5.73 Å². The van der Waals surface area contributed by atoms with Gasteiger partial charge in [0.1, 0.15) is 6.61 Å². The molecule has 17 heavy (non-hydrogen) atoms. The fourth-order valence-corrected chi connectivity index (χ4v) is 1.47. The Hall–Kier alpha value is -2.10. The van der Waals surface area contributed by atoms with E-state index in [-0.39, 0.29) is 12.4 Å². The van der Waals surface area contributed by atoms with Crippen LogP contribution in [0.3, 0.4) is 0 Å². The van der Waals surface area contributed by atoms with Crippen LogP contribution in [0.4, 0.5) is 10.1 Å². The summed E-state index contributed by atoms with van der Waals surface area (Å²) >= 11 is 0. The molecule has 1 aromatic heterocycles. The Balaban J connectivity index is 2.07. The summed E-state index contributed by atoms with van der Waals surface area (Å²) in [4.78, 5) is 4.26. The van der Waals surface area contributed by atoms with Gasteiger partial charge in [-0.3, -0.25) is 4.98 Å². The molecule has 0 bridgehead atoms. The van der Waals surface area contributed by atoms with E-state index in [1.807, 2.05) is 25.1 Å². The molecule has 4 heteroatoms. The Morgan fingerprint density at radius 2 is 2.12 bits per heavy atom. The van der Waals surface area contributed by atoms with E-state index in [1.165, 1.54) is 12.1 Å². The van der Waals surface area contributed by atoms with Crippen LogP contribution in [0.1, 0.15) is 11.4 Å². The number of hydrogen-bond donors (Lipinski definition) is 1. The smallest absolute Gasteiger partial charge is 0.167 e. The van der Waals surface area contributed by atoms with Gasteiger partial charge in [0.15, 0.2) is 11.6 Å². The van der Waals surface area contributed by atoms with Gasteiger partial charge < -0.3 is 10.5 Å². The fraction of sp³-hybridized carbons (Fsp3) is 0.154. The van der Waals surface area contributed by atoms with Gasteiger partial charge in [-0.1, -0.05) is 6.07 Å². The summed E-state index contributed by atoms with van der Waals surface area (Å²) in [6.45, 7) is 2.13. The van der Waals surface area contributed by atoms with Gasteiger partial charge in [-0.25, -0.2) is 4.39 Å². The summed E-state index contributed by atoms with van der Waals surface area (Å²) in [5.74, 6) is -0.278. The molecule has 0 amide bonds. The molecule has 0 spiro atoms. The first-order chi connectivity index (χ1) is 8.15. The number of nitrogens with zero attached hydrogens (tertiary/aromatic N) is 1. The van der Waals surface area contributed by atoms with Gasteiger partial charge in [-0.15, -0.1) is 0 Å². The predicted octanol–water partition coefficient (Wildman–Crippen LogP) is 2.69. The van der Waals surface area contributed by atoms with Gasteiger partial charge in [0.2, 0.25) is 0 Å². The molecule has 0 fully saturated rings. The highest BCUT2D eigenvalue weighted by Crippen LogP contribution is 2.20. The first-order valence-electron chi connectivity index (χ1n) is 5.25. The fourth-order valence-electron chi connectivity index (χ4n) is 1.47. The van der Waals surface area contributed by atoms with Crippen molar-refractivity contribution in [3.05, 3.63) is 53.6 Å². The maximum absolute atomic E-state index is 13.4. The Morgan fingerprint density at radius 1 is 1.29 bits per heavy atom. The molecule has 1 aromatic carbocycles. The third-order valence-corrected chi connectivity index (χ3v) is 2.28. The van der Waals surface area contributed by atoms with E-state index in [0.717, 1.165) is 11.4 Å². The van der Waals surface area contributed by atoms with E-state index < -0.39 is 5.82 Å². The highest BCUT2D eigenvalue weighted by Gasteiger charge is 2.04. The van der Waals surface area contributed by atoms with Gasteiger partial charge in [-0.2, -0.15) is 0 Å². The number of ether oxygens (including phenoxy) is 1. The van der Waals surface area contributed by atoms with Crippen LogP contribution < -0.4 is 10.5 Å². The van der Waals surface area contributed by atoms with Crippen LogP contribution in [-0.2, 0) is 6.61 Å². The Labute approximate surface area is 99.1 Å². The van der Waals surface area contributed by atoms with E-state index in [9.17, 15) is 4.39 Å². The van der Waals surface area contributed by atoms with E-state index in [0.29, 0.717) is 5.69 Å². The number of anilines is 1. The summed E-state index contributed by atoms with van der Waals surface area (Å²) in [6, 6.07) is 9.97. The molecule has 0 aliphatic heterocycles. The molecule has 0 radical (unpaired) electrons. The minimum atomic E-state index is -0.461. The molecule has 0 unspecified atom stereocenters. The molecule has 0 aliphatic rings. The van der Waals surface area contributed by atoms with E-state index in [1.54, 1.807) is 6.07 Å². The maximum Gasteiger partial charge on any atom is 0.167 e. The minimum Gasteiger partial charge on any atom is -0.484 e. The van der Waals surface area contributed by atoms with Crippen LogP contribution in [0.5, 0.6) is 5.75 Å². The van der Waals surface area contributed by atoms with E-state index in [2.05, 4.69) is 4.98 Å². The molecular weight excluding hydrogens is 219 g/mol. The monoisotopic (exact) mass is 232 g/mol. The van der Waals surface area contributed by atoms with Crippen molar-refractivity contribution in [2.45, 2.75) is 13.5 Å². The third-order valence-electron chi connectivity index (χ3n) is 2.28. The molecule has 3 nitrogen and oxygen atoms in total. The van der Waals surface area contributed by atoms with Crippen molar-refractivity contribution in [3.8, 4) is 5.75 Å². The topological polar surface area (TPSA) is 48.1 Å². The van der Waals surface area contributed by atoms with Gasteiger partial charge >= 0.3 is 0 Å². The second kappa shape index (κ2) is 4.82. The molecule has 0 atom stereocenters. The molecule has 0 saturated carbocycles. The van der Waals surface area contributed by atoms with Crippen molar-refractivity contribution in [1.29, 1.82) is 0 Å². The largest absolute Gasteiger partial charge is 0.484 e. The Kier molecular flexibility index (Phi) is 3.23. The Morgan fingerprint density at radius 3 is 2.82 bits per heavy atom.